The summed E-state index contributed by atoms with van der Waals surface area (Å²) < 4.78 is 68.3. The molecule has 0 amide bonds. The molecular formula is C26H24F3N3O4S. The number of aliphatic hydroxyl groups is 1. The van der Waals surface area contributed by atoms with Gasteiger partial charge in [-0.3, -0.25) is 4.99 Å². The van der Waals surface area contributed by atoms with Gasteiger partial charge in [0.1, 0.15) is 15.5 Å². The van der Waals surface area contributed by atoms with Gasteiger partial charge in [-0.25, -0.2) is 8.99 Å². The number of aliphatic imine (C=N–C) groups is 1. The number of ether oxygens (including phenoxy) is 2. The Hall–Kier alpha value is -3.57. The molecule has 1 fully saturated rings. The first-order valence-corrected chi connectivity index (χ1v) is 13.3. The van der Waals surface area contributed by atoms with Crippen molar-refractivity contribution in [1.29, 1.82) is 4.78 Å². The topological polar surface area (TPSA) is 95.2 Å². The van der Waals surface area contributed by atoms with Gasteiger partial charge in [0, 0.05) is 0 Å². The molecule has 2 N–H and O–H groups in total. The summed E-state index contributed by atoms with van der Waals surface area (Å²) in [5.41, 5.74) is 2.63. The summed E-state index contributed by atoms with van der Waals surface area (Å²) in [6, 6.07) is 18.5. The van der Waals surface area contributed by atoms with Crippen molar-refractivity contribution in [1.82, 2.24) is 0 Å². The summed E-state index contributed by atoms with van der Waals surface area (Å²) in [5.74, 6) is 0.873. The molecule has 37 heavy (non-hydrogen) atoms. The van der Waals surface area contributed by atoms with Gasteiger partial charge in [0.05, 0.1) is 40.0 Å². The molecule has 11 heteroatoms. The lowest BCUT2D eigenvalue weighted by Gasteiger charge is -2.44. The largest absolute Gasteiger partial charge is 0.573 e. The molecule has 1 aliphatic heterocycles. The van der Waals surface area contributed by atoms with E-state index in [0.29, 0.717) is 24.3 Å². The monoisotopic (exact) mass is 531 g/mol. The molecule has 7 nitrogen and oxygen atoms in total. The van der Waals surface area contributed by atoms with Crippen LogP contribution in [-0.2, 0) is 9.73 Å². The van der Waals surface area contributed by atoms with Crippen LogP contribution in [0.4, 0.5) is 24.5 Å². The second-order valence-corrected chi connectivity index (χ2v) is 10.7. The molecule has 1 aliphatic carbocycles. The smallest absolute Gasteiger partial charge is 0.453 e. The van der Waals surface area contributed by atoms with E-state index in [0.717, 1.165) is 47.6 Å². The van der Waals surface area contributed by atoms with Crippen molar-refractivity contribution in [2.45, 2.75) is 48.7 Å². The number of halogens is 3. The molecule has 1 saturated carbocycles. The fourth-order valence-electron chi connectivity index (χ4n) is 4.74. The van der Waals surface area contributed by atoms with Gasteiger partial charge in [0.25, 0.3) is 0 Å². The number of fused-ring (bicyclic) bond motifs is 2. The number of nitrogens with zero attached hydrogens (tertiary/aromatic N) is 2. The van der Waals surface area contributed by atoms with Gasteiger partial charge < -0.3 is 19.5 Å². The second kappa shape index (κ2) is 9.71. The highest BCUT2D eigenvalue weighted by molar-refractivity contribution is 8.05. The summed E-state index contributed by atoms with van der Waals surface area (Å²) in [7, 11) is -3.56. The highest BCUT2D eigenvalue weighted by Crippen LogP contribution is 2.49. The van der Waals surface area contributed by atoms with Crippen LogP contribution in [0.5, 0.6) is 17.2 Å². The lowest BCUT2D eigenvalue weighted by molar-refractivity contribution is -0.274. The van der Waals surface area contributed by atoms with E-state index >= 15 is 0 Å². The Morgan fingerprint density at radius 3 is 2.19 bits per heavy atom. The lowest BCUT2D eigenvalue weighted by Crippen LogP contribution is -2.49. The molecule has 0 saturated heterocycles. The molecule has 0 radical (unpaired) electrons. The van der Waals surface area contributed by atoms with Crippen molar-refractivity contribution in [2.24, 2.45) is 4.99 Å². The molecule has 5 rings (SSSR count). The van der Waals surface area contributed by atoms with Crippen molar-refractivity contribution < 1.29 is 32.0 Å². The minimum Gasteiger partial charge on any atom is -0.453 e. The molecule has 4 atom stereocenters. The number of aliphatic hydroxyl groups excluding tert-OH is 1. The van der Waals surface area contributed by atoms with E-state index in [1.54, 1.807) is 0 Å². The maximum atomic E-state index is 13.0. The van der Waals surface area contributed by atoms with Crippen molar-refractivity contribution in [3.05, 3.63) is 72.8 Å². The summed E-state index contributed by atoms with van der Waals surface area (Å²) >= 11 is 0. The van der Waals surface area contributed by atoms with Gasteiger partial charge in [0.15, 0.2) is 11.5 Å². The predicted molar refractivity (Wildman–Crippen MR) is 133 cm³/mol. The van der Waals surface area contributed by atoms with E-state index in [1.807, 2.05) is 48.5 Å². The van der Waals surface area contributed by atoms with Crippen LogP contribution < -0.4 is 14.4 Å². The minimum atomic E-state index is -4.85. The lowest BCUT2D eigenvalue weighted by atomic mass is 9.86. The van der Waals surface area contributed by atoms with Gasteiger partial charge in [-0.2, -0.15) is 0 Å². The third kappa shape index (κ3) is 5.28. The Bertz CT molecular complexity index is 1370. The summed E-state index contributed by atoms with van der Waals surface area (Å²) in [6.07, 6.45) is -3.81. The second-order valence-electron chi connectivity index (χ2n) is 8.84. The number of hydrogen-bond donors (Lipinski definition) is 2. The molecule has 0 bridgehead atoms. The number of para-hydroxylation sites is 4. The first-order chi connectivity index (χ1) is 17.6. The molecule has 194 valence electrons. The van der Waals surface area contributed by atoms with Crippen LogP contribution in [0.2, 0.25) is 0 Å². The van der Waals surface area contributed by atoms with E-state index < -0.39 is 34.0 Å². The maximum absolute atomic E-state index is 13.0. The van der Waals surface area contributed by atoms with Gasteiger partial charge in [-0.1, -0.05) is 24.3 Å². The molecule has 2 aliphatic rings. The van der Waals surface area contributed by atoms with E-state index in [-0.39, 0.29) is 10.9 Å². The number of alkyl halides is 3. The molecule has 0 spiro atoms. The Morgan fingerprint density at radius 2 is 1.59 bits per heavy atom. The van der Waals surface area contributed by atoms with Gasteiger partial charge in [-0.05, 0) is 67.8 Å². The minimum absolute atomic E-state index is 0.0105. The number of nitrogens with one attached hydrogen (secondary N) is 1. The van der Waals surface area contributed by atoms with Crippen LogP contribution in [0.3, 0.4) is 0 Å². The first-order valence-electron chi connectivity index (χ1n) is 11.6. The Morgan fingerprint density at radius 1 is 1.00 bits per heavy atom. The summed E-state index contributed by atoms with van der Waals surface area (Å²) in [6.45, 7) is 0. The Kier molecular flexibility index (Phi) is 6.59. The Labute approximate surface area is 212 Å². The number of benzene rings is 3. The highest BCUT2D eigenvalue weighted by Gasteiger charge is 2.39. The van der Waals surface area contributed by atoms with Crippen LogP contribution in [0.1, 0.15) is 19.3 Å². The van der Waals surface area contributed by atoms with E-state index in [9.17, 15) is 22.5 Å². The predicted octanol–water partition coefficient (Wildman–Crippen LogP) is 6.25. The molecular weight excluding hydrogens is 507 g/mol. The van der Waals surface area contributed by atoms with E-state index in [4.69, 9.17) is 9.52 Å². The zero-order valence-corrected chi connectivity index (χ0v) is 20.3. The van der Waals surface area contributed by atoms with Crippen LogP contribution in [-0.4, -0.2) is 39.4 Å². The quantitative estimate of drug-likeness (QED) is 0.300. The van der Waals surface area contributed by atoms with Crippen molar-refractivity contribution >= 4 is 26.7 Å². The van der Waals surface area contributed by atoms with Crippen LogP contribution in [0.25, 0.3) is 0 Å². The van der Waals surface area contributed by atoms with Crippen LogP contribution in [0.15, 0.2) is 82.7 Å². The average Bonchev–Trinajstić information content (AvgIpc) is 2.86. The number of rotatable bonds is 5. The normalized spacial score (nSPS) is 23.0. The Balaban J connectivity index is 1.38. The standard InChI is InChI=1S/C26H24F3N3O4S/c27-26(28,29)36-17-12-14-18(15-13-17)37(30,34)16-31-19-6-5-9-22(25(19)33)32-20-7-1-3-10-23(20)35-24-11-4-2-8-21(24)32/h1-4,7-8,10-16,19,22,25,30,33H,5-6,9H2/b31-16-/t19-,22+,25+,37?/m1/s1. The van der Waals surface area contributed by atoms with Gasteiger partial charge in [0.2, 0.25) is 0 Å². The molecule has 3 aromatic carbocycles. The fourth-order valence-corrected chi connectivity index (χ4v) is 5.73. The van der Waals surface area contributed by atoms with Crippen molar-refractivity contribution in [3.63, 3.8) is 0 Å². The third-order valence-corrected chi connectivity index (χ3v) is 7.79. The SMILES string of the molecule is N=S(=O)(/C=N\[C@@H]1CCC[C@H](N2c3ccccc3Oc3ccccc32)[C@H]1O)c1ccc(OC(F)(F)F)cc1. The van der Waals surface area contributed by atoms with E-state index in [2.05, 4.69) is 14.6 Å². The fraction of sp³-hybridized carbons (Fsp3) is 0.269. The molecule has 1 heterocycles. The van der Waals surface area contributed by atoms with E-state index in [1.165, 1.54) is 0 Å². The first kappa shape index (κ1) is 25.1. The number of hydrogen-bond acceptors (Lipinski definition) is 7. The number of anilines is 2. The van der Waals surface area contributed by atoms with Gasteiger partial charge >= 0.3 is 6.36 Å². The summed E-state index contributed by atoms with van der Waals surface area (Å²) in [4.78, 5) is 6.39. The average molecular weight is 532 g/mol. The van der Waals surface area contributed by atoms with Gasteiger partial charge in [-0.15, -0.1) is 13.2 Å². The molecule has 1 unspecified atom stereocenters. The van der Waals surface area contributed by atoms with Crippen molar-refractivity contribution in [2.75, 3.05) is 4.90 Å². The van der Waals surface area contributed by atoms with Crippen LogP contribution in [0, 0.1) is 4.78 Å². The molecule has 0 aromatic heterocycles. The third-order valence-electron chi connectivity index (χ3n) is 6.40. The highest BCUT2D eigenvalue weighted by atomic mass is 32.2. The van der Waals surface area contributed by atoms with Crippen molar-refractivity contribution in [3.8, 4) is 17.2 Å². The molecule has 3 aromatic rings. The summed E-state index contributed by atoms with van der Waals surface area (Å²) in [5, 5.41) is 11.4. The zero-order valence-electron chi connectivity index (χ0n) is 19.5. The van der Waals surface area contributed by atoms with Crippen LogP contribution >= 0.6 is 0 Å². The zero-order chi connectivity index (χ0) is 26.2. The maximum Gasteiger partial charge on any atom is 0.573 e.